The first-order valence-electron chi connectivity index (χ1n) is 6.00. The summed E-state index contributed by atoms with van der Waals surface area (Å²) in [5.74, 6) is 0.870. The number of hydrogen-bond donors (Lipinski definition) is 1. The first kappa shape index (κ1) is 13.6. The van der Waals surface area contributed by atoms with Crippen molar-refractivity contribution >= 4 is 23.0 Å². The number of nitrogen functional groups attached to an aromatic ring is 1. The minimum Gasteiger partial charge on any atom is -0.496 e. The smallest absolute Gasteiger partial charge is 0.123 e. The number of nitrogens with zero attached hydrogens (tertiary/aromatic N) is 1. The van der Waals surface area contributed by atoms with Gasteiger partial charge in [0.1, 0.15) is 5.75 Å². The molecule has 2 N–H and O–H groups in total. The van der Waals surface area contributed by atoms with Gasteiger partial charge in [0.15, 0.2) is 0 Å². The highest BCUT2D eigenvalue weighted by molar-refractivity contribution is 6.31. The van der Waals surface area contributed by atoms with E-state index in [2.05, 4.69) is 4.90 Å². The van der Waals surface area contributed by atoms with Gasteiger partial charge in [0.25, 0.3) is 0 Å². The van der Waals surface area contributed by atoms with Crippen LogP contribution in [0.5, 0.6) is 5.75 Å². The van der Waals surface area contributed by atoms with E-state index >= 15 is 0 Å². The second-order valence-electron chi connectivity index (χ2n) is 4.37. The molecule has 0 heterocycles. The van der Waals surface area contributed by atoms with Crippen molar-refractivity contribution in [2.45, 2.75) is 6.54 Å². The maximum atomic E-state index is 6.02. The Labute approximate surface area is 118 Å². The number of hydrogen-bond acceptors (Lipinski definition) is 3. The monoisotopic (exact) mass is 276 g/mol. The molecule has 2 aromatic carbocycles. The summed E-state index contributed by atoms with van der Waals surface area (Å²) in [7, 11) is 3.65. The Balaban J connectivity index is 2.25. The fraction of sp³-hybridized carbons (Fsp3) is 0.200. The van der Waals surface area contributed by atoms with E-state index in [1.54, 1.807) is 13.2 Å². The van der Waals surface area contributed by atoms with Crippen molar-refractivity contribution in [2.75, 3.05) is 24.8 Å². The minimum absolute atomic E-state index is 0.677. The summed E-state index contributed by atoms with van der Waals surface area (Å²) >= 11 is 6.02. The summed E-state index contributed by atoms with van der Waals surface area (Å²) in [5, 5.41) is 0.677. The van der Waals surface area contributed by atoms with Crippen LogP contribution in [-0.4, -0.2) is 14.2 Å². The molecule has 0 saturated carbocycles. The number of para-hydroxylation sites is 1. The zero-order valence-corrected chi connectivity index (χ0v) is 11.8. The van der Waals surface area contributed by atoms with Crippen LogP contribution in [0.2, 0.25) is 5.02 Å². The van der Waals surface area contributed by atoms with Crippen LogP contribution in [0.15, 0.2) is 42.5 Å². The van der Waals surface area contributed by atoms with Gasteiger partial charge < -0.3 is 15.4 Å². The van der Waals surface area contributed by atoms with E-state index in [1.807, 2.05) is 43.4 Å². The summed E-state index contributed by atoms with van der Waals surface area (Å²) in [5.41, 5.74) is 8.71. The molecule has 0 aliphatic carbocycles. The molecule has 0 saturated heterocycles. The maximum absolute atomic E-state index is 6.02. The van der Waals surface area contributed by atoms with Gasteiger partial charge in [-0.3, -0.25) is 0 Å². The average molecular weight is 277 g/mol. The number of ether oxygens (including phenoxy) is 1. The van der Waals surface area contributed by atoms with Gasteiger partial charge in [-0.15, -0.1) is 0 Å². The number of methoxy groups -OCH3 is 1. The van der Waals surface area contributed by atoms with Crippen LogP contribution >= 0.6 is 11.6 Å². The van der Waals surface area contributed by atoms with Crippen molar-refractivity contribution in [2.24, 2.45) is 0 Å². The van der Waals surface area contributed by atoms with Gasteiger partial charge in [-0.1, -0.05) is 29.8 Å². The molecular weight excluding hydrogens is 260 g/mol. The molecule has 0 spiro atoms. The highest BCUT2D eigenvalue weighted by Crippen LogP contribution is 2.28. The van der Waals surface area contributed by atoms with Crippen molar-refractivity contribution in [3.63, 3.8) is 0 Å². The third kappa shape index (κ3) is 3.12. The second kappa shape index (κ2) is 5.85. The lowest BCUT2D eigenvalue weighted by Gasteiger charge is -2.22. The highest BCUT2D eigenvalue weighted by Gasteiger charge is 2.09. The van der Waals surface area contributed by atoms with Crippen molar-refractivity contribution in [1.82, 2.24) is 0 Å². The molecule has 0 bridgehead atoms. The Morgan fingerprint density at radius 1 is 1.21 bits per heavy atom. The molecule has 2 rings (SSSR count). The quantitative estimate of drug-likeness (QED) is 0.868. The van der Waals surface area contributed by atoms with Gasteiger partial charge in [0.05, 0.1) is 18.5 Å². The van der Waals surface area contributed by atoms with Gasteiger partial charge in [0, 0.05) is 24.2 Å². The lowest BCUT2D eigenvalue weighted by atomic mass is 10.1. The molecule has 0 amide bonds. The molecule has 0 fully saturated rings. The number of nitrogens with two attached hydrogens (primary N) is 1. The van der Waals surface area contributed by atoms with Crippen molar-refractivity contribution in [3.05, 3.63) is 53.1 Å². The zero-order valence-electron chi connectivity index (χ0n) is 11.1. The van der Waals surface area contributed by atoms with Gasteiger partial charge in [-0.2, -0.15) is 0 Å². The Kier molecular flexibility index (Phi) is 4.17. The predicted molar refractivity (Wildman–Crippen MR) is 81.0 cm³/mol. The average Bonchev–Trinajstić information content (AvgIpc) is 2.42. The van der Waals surface area contributed by atoms with Crippen molar-refractivity contribution in [1.29, 1.82) is 0 Å². The largest absolute Gasteiger partial charge is 0.496 e. The molecule has 0 unspecified atom stereocenters. The molecular formula is C15H17ClN2O. The van der Waals surface area contributed by atoms with E-state index in [4.69, 9.17) is 22.1 Å². The van der Waals surface area contributed by atoms with E-state index < -0.39 is 0 Å². The standard InChI is InChI=1S/C15H17ClN2O/c1-18(14-9-12(16)7-8-13(14)17)10-11-5-3-4-6-15(11)19-2/h3-9H,10,17H2,1-2H3. The van der Waals surface area contributed by atoms with Crippen molar-refractivity contribution < 1.29 is 4.74 Å². The third-order valence-electron chi connectivity index (χ3n) is 3.00. The van der Waals surface area contributed by atoms with E-state index in [1.165, 1.54) is 0 Å². The molecule has 0 radical (unpaired) electrons. The third-order valence-corrected chi connectivity index (χ3v) is 3.24. The maximum Gasteiger partial charge on any atom is 0.123 e. The van der Waals surface area contributed by atoms with Crippen LogP contribution in [0, 0.1) is 0 Å². The Morgan fingerprint density at radius 2 is 1.95 bits per heavy atom. The van der Waals surface area contributed by atoms with E-state index in [0.29, 0.717) is 17.3 Å². The highest BCUT2D eigenvalue weighted by atomic mass is 35.5. The molecule has 3 nitrogen and oxygen atoms in total. The Hall–Kier alpha value is -1.87. The fourth-order valence-corrected chi connectivity index (χ4v) is 2.19. The van der Waals surface area contributed by atoms with E-state index in [9.17, 15) is 0 Å². The van der Waals surface area contributed by atoms with Crippen LogP contribution in [0.25, 0.3) is 0 Å². The molecule has 0 aliphatic rings. The molecule has 19 heavy (non-hydrogen) atoms. The first-order valence-corrected chi connectivity index (χ1v) is 6.37. The lowest BCUT2D eigenvalue weighted by Crippen LogP contribution is -2.18. The topological polar surface area (TPSA) is 38.5 Å². The van der Waals surface area contributed by atoms with Crippen LogP contribution in [0.3, 0.4) is 0 Å². The summed E-state index contributed by atoms with van der Waals surface area (Å²) in [6.45, 7) is 0.703. The number of anilines is 2. The van der Waals surface area contributed by atoms with E-state index in [0.717, 1.165) is 17.0 Å². The summed E-state index contributed by atoms with van der Waals surface area (Å²) in [4.78, 5) is 2.05. The van der Waals surface area contributed by atoms with Crippen LogP contribution in [0.4, 0.5) is 11.4 Å². The van der Waals surface area contributed by atoms with Gasteiger partial charge in [-0.25, -0.2) is 0 Å². The van der Waals surface area contributed by atoms with Crippen LogP contribution in [0.1, 0.15) is 5.56 Å². The van der Waals surface area contributed by atoms with Gasteiger partial charge in [-0.05, 0) is 24.3 Å². The Morgan fingerprint density at radius 3 is 2.68 bits per heavy atom. The van der Waals surface area contributed by atoms with Gasteiger partial charge >= 0.3 is 0 Å². The number of rotatable bonds is 4. The molecule has 0 aromatic heterocycles. The summed E-state index contributed by atoms with van der Waals surface area (Å²) < 4.78 is 5.35. The summed E-state index contributed by atoms with van der Waals surface area (Å²) in [6, 6.07) is 13.4. The predicted octanol–water partition coefficient (Wildman–Crippen LogP) is 3.57. The fourth-order valence-electron chi connectivity index (χ4n) is 2.02. The minimum atomic E-state index is 0.677. The molecule has 0 atom stereocenters. The van der Waals surface area contributed by atoms with Gasteiger partial charge in [0.2, 0.25) is 0 Å². The van der Waals surface area contributed by atoms with E-state index in [-0.39, 0.29) is 0 Å². The van der Waals surface area contributed by atoms with Crippen LogP contribution in [-0.2, 0) is 6.54 Å². The van der Waals surface area contributed by atoms with Crippen LogP contribution < -0.4 is 15.4 Å². The number of benzene rings is 2. The normalized spacial score (nSPS) is 10.3. The second-order valence-corrected chi connectivity index (χ2v) is 4.81. The molecule has 2 aromatic rings. The molecule has 4 heteroatoms. The SMILES string of the molecule is COc1ccccc1CN(C)c1cc(Cl)ccc1N. The zero-order chi connectivity index (χ0) is 13.8. The molecule has 0 aliphatic heterocycles. The first-order chi connectivity index (χ1) is 9.11. The van der Waals surface area contributed by atoms with Crippen molar-refractivity contribution in [3.8, 4) is 5.75 Å². The Bertz CT molecular complexity index is 572. The number of halogens is 1. The molecule has 100 valence electrons. The summed E-state index contributed by atoms with van der Waals surface area (Å²) in [6.07, 6.45) is 0. The lowest BCUT2D eigenvalue weighted by molar-refractivity contribution is 0.409.